The number of hydrogen-bond acceptors (Lipinski definition) is 1. The standard InChI is InChI=1S/C55H56N2/c1-34-18-36-19-35(2)30-55(29-34,32-36)46-13-15-53-50(28-46)49-27-45(54-17-16-41-20-37(31-54)21-44(41)33-54)12-14-52(49)57(53)47-23-42(38-8-4-3-5-9-38)22-43(24-47)48-25-39-10-6-7-11-40(39)26-51(48)56/h3-15,22-28,34-37,41,44H,16-21,29-33,56H2,1-2H3. The van der Waals surface area contributed by atoms with E-state index in [4.69, 9.17) is 5.73 Å². The molecular formula is C55H56N2. The molecule has 6 unspecified atom stereocenters. The lowest BCUT2D eigenvalue weighted by Gasteiger charge is -2.50. The summed E-state index contributed by atoms with van der Waals surface area (Å²) in [6.07, 6.45) is 15.4. The Morgan fingerprint density at radius 2 is 1.14 bits per heavy atom. The third kappa shape index (κ3) is 5.42. The summed E-state index contributed by atoms with van der Waals surface area (Å²) in [5.74, 6) is 5.29. The van der Waals surface area contributed by atoms with Crippen molar-refractivity contribution >= 4 is 38.3 Å². The molecule has 5 aliphatic carbocycles. The van der Waals surface area contributed by atoms with Gasteiger partial charge in [-0.25, -0.2) is 0 Å². The molecule has 5 bridgehead atoms. The summed E-state index contributed by atoms with van der Waals surface area (Å²) < 4.78 is 2.60. The van der Waals surface area contributed by atoms with Crippen molar-refractivity contribution in [2.75, 3.05) is 5.73 Å². The zero-order chi connectivity index (χ0) is 38.0. The topological polar surface area (TPSA) is 30.9 Å². The maximum atomic E-state index is 6.94. The van der Waals surface area contributed by atoms with Crippen molar-refractivity contribution in [2.45, 2.75) is 95.3 Å². The van der Waals surface area contributed by atoms with Gasteiger partial charge in [0.15, 0.2) is 0 Å². The highest BCUT2D eigenvalue weighted by Gasteiger charge is 2.52. The summed E-state index contributed by atoms with van der Waals surface area (Å²) in [7, 11) is 0. The van der Waals surface area contributed by atoms with Crippen molar-refractivity contribution in [3.8, 4) is 27.9 Å². The van der Waals surface area contributed by atoms with Crippen LogP contribution in [0.2, 0.25) is 0 Å². The molecule has 6 aromatic carbocycles. The fourth-order valence-corrected chi connectivity index (χ4v) is 14.5. The van der Waals surface area contributed by atoms with Gasteiger partial charge in [-0.1, -0.05) is 80.6 Å². The SMILES string of the molecule is CC1CC2CC(C)CC(c3ccc4c(c3)c3cc(C56CCC7CC(CC7C5)C6)ccc3n4-c3cc(-c4ccccc4)cc(-c4cc5ccccc5cc4N)c3)(C1)C2. The van der Waals surface area contributed by atoms with Gasteiger partial charge in [-0.05, 0) is 210 Å². The molecule has 57 heavy (non-hydrogen) atoms. The monoisotopic (exact) mass is 744 g/mol. The van der Waals surface area contributed by atoms with Gasteiger partial charge >= 0.3 is 0 Å². The molecule has 0 spiro atoms. The molecule has 5 fully saturated rings. The minimum absolute atomic E-state index is 0.286. The minimum Gasteiger partial charge on any atom is -0.398 e. The maximum Gasteiger partial charge on any atom is 0.0541 e. The molecule has 2 nitrogen and oxygen atoms in total. The quantitative estimate of drug-likeness (QED) is 0.175. The van der Waals surface area contributed by atoms with Gasteiger partial charge < -0.3 is 10.3 Å². The number of aromatic nitrogens is 1. The van der Waals surface area contributed by atoms with Crippen LogP contribution in [-0.4, -0.2) is 4.57 Å². The van der Waals surface area contributed by atoms with Gasteiger partial charge in [-0.3, -0.25) is 0 Å². The number of nitrogens with zero attached hydrogens (tertiary/aromatic N) is 1. The van der Waals surface area contributed by atoms with Gasteiger partial charge in [0.05, 0.1) is 11.0 Å². The Bertz CT molecular complexity index is 2690. The summed E-state index contributed by atoms with van der Waals surface area (Å²) in [5.41, 5.74) is 20.1. The zero-order valence-corrected chi connectivity index (χ0v) is 33.8. The number of benzene rings is 6. The Balaban J connectivity index is 1.10. The summed E-state index contributed by atoms with van der Waals surface area (Å²) in [6.45, 7) is 5.05. The lowest BCUT2D eigenvalue weighted by molar-refractivity contribution is 0.0781. The van der Waals surface area contributed by atoms with E-state index >= 15 is 0 Å². The zero-order valence-electron chi connectivity index (χ0n) is 33.8. The Morgan fingerprint density at radius 1 is 0.526 bits per heavy atom. The van der Waals surface area contributed by atoms with Crippen LogP contribution in [0.4, 0.5) is 5.69 Å². The Labute approximate surface area is 338 Å². The van der Waals surface area contributed by atoms with Gasteiger partial charge in [0.1, 0.15) is 0 Å². The largest absolute Gasteiger partial charge is 0.398 e. The van der Waals surface area contributed by atoms with Crippen LogP contribution in [0.25, 0.3) is 60.5 Å². The first-order valence-electron chi connectivity index (χ1n) is 22.4. The number of rotatable bonds is 5. The highest BCUT2D eigenvalue weighted by Crippen LogP contribution is 2.62. The highest BCUT2D eigenvalue weighted by atomic mass is 15.0. The van der Waals surface area contributed by atoms with E-state index in [2.05, 4.69) is 140 Å². The second-order valence-electron chi connectivity index (χ2n) is 20.2. The van der Waals surface area contributed by atoms with E-state index in [-0.39, 0.29) is 5.41 Å². The molecule has 1 heterocycles. The molecule has 5 saturated carbocycles. The first-order chi connectivity index (χ1) is 27.8. The average Bonchev–Trinajstić information content (AvgIpc) is 3.65. The number of anilines is 1. The van der Waals surface area contributed by atoms with E-state index in [1.165, 1.54) is 120 Å². The molecule has 2 N–H and O–H groups in total. The van der Waals surface area contributed by atoms with E-state index in [0.29, 0.717) is 5.41 Å². The van der Waals surface area contributed by atoms with Crippen LogP contribution in [0, 0.1) is 35.5 Å². The third-order valence-corrected chi connectivity index (χ3v) is 16.4. The Hall–Kier alpha value is -4.82. The summed E-state index contributed by atoms with van der Waals surface area (Å²) in [5, 5.41) is 5.27. The Morgan fingerprint density at radius 3 is 1.88 bits per heavy atom. The molecule has 286 valence electrons. The third-order valence-electron chi connectivity index (χ3n) is 16.4. The molecule has 0 amide bonds. The van der Waals surface area contributed by atoms with Crippen molar-refractivity contribution in [3.05, 3.63) is 132 Å². The predicted octanol–water partition coefficient (Wildman–Crippen LogP) is 14.4. The molecule has 0 saturated heterocycles. The predicted molar refractivity (Wildman–Crippen MR) is 240 cm³/mol. The van der Waals surface area contributed by atoms with Crippen molar-refractivity contribution in [1.82, 2.24) is 4.57 Å². The molecule has 5 aliphatic rings. The van der Waals surface area contributed by atoms with Crippen molar-refractivity contribution in [1.29, 1.82) is 0 Å². The number of nitrogen functional groups attached to an aromatic ring is 1. The minimum atomic E-state index is 0.286. The van der Waals surface area contributed by atoms with Crippen LogP contribution in [0.1, 0.15) is 95.6 Å². The van der Waals surface area contributed by atoms with Crippen molar-refractivity contribution < 1.29 is 0 Å². The van der Waals surface area contributed by atoms with Gasteiger partial charge in [0.25, 0.3) is 0 Å². The molecule has 6 atom stereocenters. The maximum absolute atomic E-state index is 6.94. The van der Waals surface area contributed by atoms with Gasteiger partial charge in [0.2, 0.25) is 0 Å². The van der Waals surface area contributed by atoms with Crippen molar-refractivity contribution in [2.24, 2.45) is 35.5 Å². The van der Waals surface area contributed by atoms with Crippen molar-refractivity contribution in [3.63, 3.8) is 0 Å². The van der Waals surface area contributed by atoms with E-state index in [0.717, 1.165) is 52.3 Å². The average molecular weight is 745 g/mol. The molecule has 12 rings (SSSR count). The normalized spacial score (nSPS) is 30.4. The van der Waals surface area contributed by atoms with Gasteiger partial charge in [0, 0.05) is 27.7 Å². The molecule has 7 aromatic rings. The smallest absolute Gasteiger partial charge is 0.0541 e. The molecule has 0 radical (unpaired) electrons. The number of fused-ring (bicyclic) bond motifs is 8. The van der Waals surface area contributed by atoms with Gasteiger partial charge in [-0.2, -0.15) is 0 Å². The second-order valence-corrected chi connectivity index (χ2v) is 20.2. The van der Waals surface area contributed by atoms with Gasteiger partial charge in [-0.15, -0.1) is 0 Å². The number of hydrogen-bond donors (Lipinski definition) is 1. The highest BCUT2D eigenvalue weighted by molar-refractivity contribution is 6.10. The second kappa shape index (κ2) is 12.6. The fraction of sp³-hybridized carbons (Fsp3) is 0.382. The van der Waals surface area contributed by atoms with Crippen LogP contribution in [0.3, 0.4) is 0 Å². The lowest BCUT2D eigenvalue weighted by Crippen LogP contribution is -2.42. The Kier molecular flexibility index (Phi) is 7.56. The van der Waals surface area contributed by atoms with Crippen LogP contribution < -0.4 is 5.73 Å². The summed E-state index contributed by atoms with van der Waals surface area (Å²) in [4.78, 5) is 0. The summed E-state index contributed by atoms with van der Waals surface area (Å²) >= 11 is 0. The van der Waals surface area contributed by atoms with E-state index in [9.17, 15) is 0 Å². The first kappa shape index (κ1) is 34.2. The van der Waals surface area contributed by atoms with E-state index < -0.39 is 0 Å². The van der Waals surface area contributed by atoms with Crippen LogP contribution in [-0.2, 0) is 10.8 Å². The summed E-state index contributed by atoms with van der Waals surface area (Å²) in [6, 6.07) is 46.6. The molecule has 1 aromatic heterocycles. The number of nitrogens with two attached hydrogens (primary N) is 1. The van der Waals surface area contributed by atoms with Crippen LogP contribution in [0.15, 0.2) is 121 Å². The fourth-order valence-electron chi connectivity index (χ4n) is 14.5. The lowest BCUT2D eigenvalue weighted by atomic mass is 9.54. The first-order valence-corrected chi connectivity index (χ1v) is 22.4. The van der Waals surface area contributed by atoms with E-state index in [1.54, 1.807) is 11.1 Å². The van der Waals surface area contributed by atoms with Crippen LogP contribution >= 0.6 is 0 Å². The van der Waals surface area contributed by atoms with E-state index in [1.807, 2.05) is 0 Å². The molecule has 0 aliphatic heterocycles. The van der Waals surface area contributed by atoms with Crippen LogP contribution in [0.5, 0.6) is 0 Å². The molecular weight excluding hydrogens is 689 g/mol. The molecule has 2 heteroatoms.